The molecule has 0 aliphatic rings. The second-order valence-electron chi connectivity index (χ2n) is 2.08. The third-order valence-electron chi connectivity index (χ3n) is 1.38. The summed E-state index contributed by atoms with van der Waals surface area (Å²) in [5.74, 6) is 0.572. The van der Waals surface area contributed by atoms with Gasteiger partial charge in [-0.1, -0.05) is 0 Å². The van der Waals surface area contributed by atoms with E-state index in [0.717, 1.165) is 11.4 Å². The summed E-state index contributed by atoms with van der Waals surface area (Å²) in [7, 11) is 1.58. The summed E-state index contributed by atoms with van der Waals surface area (Å²) in [6, 6.07) is 0. The van der Waals surface area contributed by atoms with Crippen LogP contribution in [0.25, 0.3) is 0 Å². The molecule has 0 aromatic carbocycles. The van der Waals surface area contributed by atoms with Gasteiger partial charge in [-0.25, -0.2) is 4.98 Å². The lowest BCUT2D eigenvalue weighted by Gasteiger charge is -2.00. The number of hydrogen-bond acceptors (Lipinski definition) is 3. The SMILES string of the molecule is COc1cnc(C)c(C)n1. The number of rotatable bonds is 1. The lowest BCUT2D eigenvalue weighted by molar-refractivity contribution is 0.394. The monoisotopic (exact) mass is 138 g/mol. The predicted octanol–water partition coefficient (Wildman–Crippen LogP) is 1.10. The zero-order valence-corrected chi connectivity index (χ0v) is 6.38. The number of aryl methyl sites for hydroxylation is 2. The molecule has 0 spiro atoms. The molecule has 1 rings (SSSR count). The smallest absolute Gasteiger partial charge is 0.232 e. The Kier molecular flexibility index (Phi) is 1.85. The normalized spacial score (nSPS) is 9.50. The molecule has 0 fully saturated rings. The van der Waals surface area contributed by atoms with E-state index in [-0.39, 0.29) is 0 Å². The molecule has 3 heteroatoms. The van der Waals surface area contributed by atoms with Crippen molar-refractivity contribution in [2.75, 3.05) is 7.11 Å². The second kappa shape index (κ2) is 2.64. The molecule has 10 heavy (non-hydrogen) atoms. The Balaban J connectivity index is 3.04. The third-order valence-corrected chi connectivity index (χ3v) is 1.38. The molecule has 0 saturated carbocycles. The fraction of sp³-hybridized carbons (Fsp3) is 0.429. The molecular formula is C7H10N2O. The molecule has 0 unspecified atom stereocenters. The molecule has 0 atom stereocenters. The van der Waals surface area contributed by atoms with Crippen molar-refractivity contribution < 1.29 is 4.74 Å². The van der Waals surface area contributed by atoms with Crippen LogP contribution in [-0.2, 0) is 0 Å². The summed E-state index contributed by atoms with van der Waals surface area (Å²) in [6.07, 6.45) is 1.61. The van der Waals surface area contributed by atoms with Gasteiger partial charge in [0.05, 0.1) is 24.7 Å². The van der Waals surface area contributed by atoms with Gasteiger partial charge in [0.2, 0.25) is 5.88 Å². The summed E-state index contributed by atoms with van der Waals surface area (Å²) < 4.78 is 4.88. The topological polar surface area (TPSA) is 35.0 Å². The van der Waals surface area contributed by atoms with Gasteiger partial charge in [0.25, 0.3) is 0 Å². The Morgan fingerprint density at radius 1 is 1.30 bits per heavy atom. The first-order chi connectivity index (χ1) is 4.74. The average Bonchev–Trinajstić information content (AvgIpc) is 1.95. The van der Waals surface area contributed by atoms with Crippen molar-refractivity contribution in [2.24, 2.45) is 0 Å². The Morgan fingerprint density at radius 3 is 2.50 bits per heavy atom. The third kappa shape index (κ3) is 1.23. The molecule has 0 radical (unpaired) electrons. The summed E-state index contributed by atoms with van der Waals surface area (Å²) >= 11 is 0. The molecule has 0 amide bonds. The summed E-state index contributed by atoms with van der Waals surface area (Å²) in [5.41, 5.74) is 1.86. The molecule has 0 bridgehead atoms. The van der Waals surface area contributed by atoms with Gasteiger partial charge in [0.1, 0.15) is 0 Å². The Hall–Kier alpha value is -1.12. The van der Waals surface area contributed by atoms with Crippen LogP contribution in [0, 0.1) is 13.8 Å². The quantitative estimate of drug-likeness (QED) is 0.583. The van der Waals surface area contributed by atoms with Gasteiger partial charge < -0.3 is 4.74 Å². The molecule has 0 saturated heterocycles. The van der Waals surface area contributed by atoms with Crippen LogP contribution in [0.1, 0.15) is 11.4 Å². The maximum Gasteiger partial charge on any atom is 0.232 e. The lowest BCUT2D eigenvalue weighted by Crippen LogP contribution is -1.94. The maximum atomic E-state index is 4.88. The minimum absolute atomic E-state index is 0.572. The van der Waals surface area contributed by atoms with Crippen LogP contribution in [0.4, 0.5) is 0 Å². The van der Waals surface area contributed by atoms with Crippen LogP contribution in [0.5, 0.6) is 5.88 Å². The van der Waals surface area contributed by atoms with E-state index in [1.807, 2.05) is 13.8 Å². The Labute approximate surface area is 60.1 Å². The highest BCUT2D eigenvalue weighted by atomic mass is 16.5. The van der Waals surface area contributed by atoms with Crippen molar-refractivity contribution in [1.82, 2.24) is 9.97 Å². The lowest BCUT2D eigenvalue weighted by atomic mass is 10.4. The summed E-state index contributed by atoms with van der Waals surface area (Å²) in [6.45, 7) is 3.83. The number of nitrogens with zero attached hydrogens (tertiary/aromatic N) is 2. The predicted molar refractivity (Wildman–Crippen MR) is 38.1 cm³/mol. The Morgan fingerprint density at radius 2 is 2.00 bits per heavy atom. The van der Waals surface area contributed by atoms with Crippen LogP contribution in [0.3, 0.4) is 0 Å². The molecule has 1 aromatic rings. The van der Waals surface area contributed by atoms with Crippen molar-refractivity contribution in [2.45, 2.75) is 13.8 Å². The maximum absolute atomic E-state index is 4.88. The first-order valence-electron chi connectivity index (χ1n) is 3.08. The highest BCUT2D eigenvalue weighted by molar-refractivity contribution is 5.13. The molecule has 1 heterocycles. The van der Waals surface area contributed by atoms with Gasteiger partial charge in [0.15, 0.2) is 0 Å². The minimum Gasteiger partial charge on any atom is -0.480 e. The van der Waals surface area contributed by atoms with Crippen LogP contribution in [0.15, 0.2) is 6.20 Å². The molecule has 0 aliphatic carbocycles. The average molecular weight is 138 g/mol. The van der Waals surface area contributed by atoms with E-state index in [1.165, 1.54) is 0 Å². The standard InChI is InChI=1S/C7H10N2O/c1-5-6(2)9-7(10-3)4-8-5/h4H,1-3H3. The van der Waals surface area contributed by atoms with E-state index in [2.05, 4.69) is 9.97 Å². The molecule has 1 aromatic heterocycles. The van der Waals surface area contributed by atoms with Crippen LogP contribution >= 0.6 is 0 Å². The minimum atomic E-state index is 0.572. The molecule has 54 valence electrons. The van der Waals surface area contributed by atoms with Crippen molar-refractivity contribution in [1.29, 1.82) is 0 Å². The fourth-order valence-electron chi connectivity index (χ4n) is 0.619. The van der Waals surface area contributed by atoms with E-state index < -0.39 is 0 Å². The van der Waals surface area contributed by atoms with Gasteiger partial charge in [0, 0.05) is 0 Å². The largest absolute Gasteiger partial charge is 0.480 e. The number of hydrogen-bond donors (Lipinski definition) is 0. The van der Waals surface area contributed by atoms with Crippen LogP contribution in [0.2, 0.25) is 0 Å². The van der Waals surface area contributed by atoms with E-state index >= 15 is 0 Å². The van der Waals surface area contributed by atoms with E-state index in [4.69, 9.17) is 4.74 Å². The van der Waals surface area contributed by atoms with E-state index in [9.17, 15) is 0 Å². The highest BCUT2D eigenvalue weighted by Gasteiger charge is 1.96. The van der Waals surface area contributed by atoms with Crippen LogP contribution in [-0.4, -0.2) is 17.1 Å². The summed E-state index contributed by atoms with van der Waals surface area (Å²) in [5, 5.41) is 0. The Bertz CT molecular complexity index is 235. The van der Waals surface area contributed by atoms with E-state index in [1.54, 1.807) is 13.3 Å². The highest BCUT2D eigenvalue weighted by Crippen LogP contribution is 2.06. The van der Waals surface area contributed by atoms with Crippen LogP contribution < -0.4 is 4.74 Å². The van der Waals surface area contributed by atoms with Crippen molar-refractivity contribution >= 4 is 0 Å². The van der Waals surface area contributed by atoms with Crippen molar-refractivity contribution in [3.8, 4) is 5.88 Å². The number of ether oxygens (including phenoxy) is 1. The first-order valence-corrected chi connectivity index (χ1v) is 3.08. The molecule has 3 nitrogen and oxygen atoms in total. The summed E-state index contributed by atoms with van der Waals surface area (Å²) in [4.78, 5) is 8.17. The van der Waals surface area contributed by atoms with Gasteiger partial charge in [-0.3, -0.25) is 4.98 Å². The van der Waals surface area contributed by atoms with E-state index in [0.29, 0.717) is 5.88 Å². The van der Waals surface area contributed by atoms with Gasteiger partial charge in [-0.2, -0.15) is 0 Å². The van der Waals surface area contributed by atoms with Gasteiger partial charge in [-0.05, 0) is 13.8 Å². The van der Waals surface area contributed by atoms with Gasteiger partial charge in [-0.15, -0.1) is 0 Å². The number of methoxy groups -OCH3 is 1. The second-order valence-corrected chi connectivity index (χ2v) is 2.08. The fourth-order valence-corrected chi connectivity index (χ4v) is 0.619. The first kappa shape index (κ1) is 6.99. The molecule has 0 N–H and O–H groups in total. The number of aromatic nitrogens is 2. The van der Waals surface area contributed by atoms with Crippen molar-refractivity contribution in [3.63, 3.8) is 0 Å². The zero-order valence-electron chi connectivity index (χ0n) is 6.38. The zero-order chi connectivity index (χ0) is 7.56. The van der Waals surface area contributed by atoms with Gasteiger partial charge >= 0.3 is 0 Å². The van der Waals surface area contributed by atoms with Crippen molar-refractivity contribution in [3.05, 3.63) is 17.6 Å². The molecule has 0 aliphatic heterocycles. The molecular weight excluding hydrogens is 128 g/mol.